The predicted octanol–water partition coefficient (Wildman–Crippen LogP) is 4.30. The first-order valence-corrected chi connectivity index (χ1v) is 7.93. The topological polar surface area (TPSA) is 42.0 Å². The van der Waals surface area contributed by atoms with Gasteiger partial charge < -0.3 is 5.32 Å². The molecule has 0 saturated heterocycles. The van der Waals surface area contributed by atoms with E-state index in [2.05, 4.69) is 10.3 Å². The normalized spacial score (nSPS) is 10.4. The highest BCUT2D eigenvalue weighted by molar-refractivity contribution is 7.14. The number of benzene rings is 1. The van der Waals surface area contributed by atoms with Gasteiger partial charge in [0.15, 0.2) is 0 Å². The molecule has 2 heterocycles. The summed E-state index contributed by atoms with van der Waals surface area (Å²) in [7, 11) is 0. The maximum absolute atomic E-state index is 12.1. The number of hydrogen-bond acceptors (Lipinski definition) is 3. The van der Waals surface area contributed by atoms with Gasteiger partial charge in [0.2, 0.25) is 5.91 Å². The fourth-order valence-corrected chi connectivity index (χ4v) is 3.13. The Morgan fingerprint density at radius 1 is 1.18 bits per heavy atom. The zero-order valence-electron chi connectivity index (χ0n) is 12.2. The molecule has 4 heteroatoms. The van der Waals surface area contributed by atoms with Crippen molar-refractivity contribution in [2.24, 2.45) is 0 Å². The Kier molecular flexibility index (Phi) is 4.30. The van der Waals surface area contributed by atoms with Crippen LogP contribution in [0, 0.1) is 6.92 Å². The lowest BCUT2D eigenvalue weighted by molar-refractivity contribution is -0.115. The molecule has 1 amide bonds. The van der Waals surface area contributed by atoms with Crippen LogP contribution in [0.15, 0.2) is 60.2 Å². The molecule has 0 aliphatic carbocycles. The van der Waals surface area contributed by atoms with Gasteiger partial charge in [-0.1, -0.05) is 29.8 Å². The van der Waals surface area contributed by atoms with Crippen LogP contribution < -0.4 is 5.32 Å². The molecule has 22 heavy (non-hydrogen) atoms. The van der Waals surface area contributed by atoms with Gasteiger partial charge in [-0.05, 0) is 36.2 Å². The molecule has 3 nitrogen and oxygen atoms in total. The second-order valence-corrected chi connectivity index (χ2v) is 6.06. The molecule has 110 valence electrons. The lowest BCUT2D eigenvalue weighted by atomic mass is 10.1. The summed E-state index contributed by atoms with van der Waals surface area (Å²) in [5, 5.41) is 4.92. The van der Waals surface area contributed by atoms with E-state index in [1.807, 2.05) is 54.8 Å². The third-order valence-corrected chi connectivity index (χ3v) is 4.27. The van der Waals surface area contributed by atoms with Crippen LogP contribution >= 0.6 is 11.3 Å². The van der Waals surface area contributed by atoms with Crippen molar-refractivity contribution < 1.29 is 4.79 Å². The maximum Gasteiger partial charge on any atom is 0.228 e. The number of hydrogen-bond donors (Lipinski definition) is 1. The van der Waals surface area contributed by atoms with E-state index in [4.69, 9.17) is 0 Å². The Labute approximate surface area is 133 Å². The van der Waals surface area contributed by atoms with Crippen LogP contribution in [0.25, 0.3) is 10.4 Å². The van der Waals surface area contributed by atoms with Gasteiger partial charge in [-0.2, -0.15) is 0 Å². The summed E-state index contributed by atoms with van der Waals surface area (Å²) in [6.07, 6.45) is 3.93. The molecule has 0 radical (unpaired) electrons. The minimum Gasteiger partial charge on any atom is -0.325 e. The van der Waals surface area contributed by atoms with Crippen LogP contribution in [-0.4, -0.2) is 10.9 Å². The molecule has 0 spiro atoms. The van der Waals surface area contributed by atoms with Crippen molar-refractivity contribution in [3.05, 3.63) is 71.4 Å². The highest BCUT2D eigenvalue weighted by atomic mass is 32.1. The number of nitrogens with zero attached hydrogens (tertiary/aromatic N) is 1. The van der Waals surface area contributed by atoms with Crippen LogP contribution in [0.2, 0.25) is 0 Å². The molecule has 1 N–H and O–H groups in total. The van der Waals surface area contributed by atoms with Crippen molar-refractivity contribution >= 4 is 22.9 Å². The minimum atomic E-state index is 0.00433. The molecule has 0 aliphatic rings. The van der Waals surface area contributed by atoms with Crippen LogP contribution in [0.4, 0.5) is 5.69 Å². The lowest BCUT2D eigenvalue weighted by Gasteiger charge is -2.04. The van der Waals surface area contributed by atoms with E-state index in [0.29, 0.717) is 6.42 Å². The summed E-state index contributed by atoms with van der Waals surface area (Å²) >= 11 is 1.61. The fraction of sp³-hybridized carbons (Fsp3) is 0.111. The molecule has 0 bridgehead atoms. The van der Waals surface area contributed by atoms with Gasteiger partial charge in [-0.25, -0.2) is 0 Å². The van der Waals surface area contributed by atoms with Crippen molar-refractivity contribution in [1.29, 1.82) is 0 Å². The number of aryl methyl sites for hydroxylation is 1. The standard InChI is InChI=1S/C18H16N2OS/c1-13-3-2-4-14(9-13)10-18(21)20-16-11-17(22-12-16)15-5-7-19-8-6-15/h2-9,11-12H,10H2,1H3,(H,20,21). The molecule has 3 rings (SSSR count). The molecule has 0 fully saturated rings. The molecule has 0 unspecified atom stereocenters. The Morgan fingerprint density at radius 2 is 2.00 bits per heavy atom. The summed E-state index contributed by atoms with van der Waals surface area (Å²) in [5.74, 6) is 0.00433. The zero-order chi connectivity index (χ0) is 15.4. The second kappa shape index (κ2) is 6.54. The average Bonchev–Trinajstić information content (AvgIpc) is 2.96. The molecular formula is C18H16N2OS. The van der Waals surface area contributed by atoms with Gasteiger partial charge in [0.05, 0.1) is 12.1 Å². The average molecular weight is 308 g/mol. The smallest absolute Gasteiger partial charge is 0.228 e. The van der Waals surface area contributed by atoms with E-state index in [1.54, 1.807) is 23.7 Å². The van der Waals surface area contributed by atoms with E-state index >= 15 is 0 Å². The van der Waals surface area contributed by atoms with Gasteiger partial charge in [0.25, 0.3) is 0 Å². The van der Waals surface area contributed by atoms with E-state index < -0.39 is 0 Å². The number of rotatable bonds is 4. The first-order valence-electron chi connectivity index (χ1n) is 7.05. The number of carbonyl (C=O) groups is 1. The van der Waals surface area contributed by atoms with Gasteiger partial charge in [0, 0.05) is 22.7 Å². The summed E-state index contributed by atoms with van der Waals surface area (Å²) in [6, 6.07) is 13.9. The third-order valence-electron chi connectivity index (χ3n) is 3.30. The molecule has 0 aliphatic heterocycles. The monoisotopic (exact) mass is 308 g/mol. The molecule has 2 aromatic heterocycles. The lowest BCUT2D eigenvalue weighted by Crippen LogP contribution is -2.13. The largest absolute Gasteiger partial charge is 0.325 e. The summed E-state index contributed by atoms with van der Waals surface area (Å²) < 4.78 is 0. The summed E-state index contributed by atoms with van der Waals surface area (Å²) in [5.41, 5.74) is 4.15. The van der Waals surface area contributed by atoms with E-state index in [0.717, 1.165) is 21.7 Å². The molecule has 3 aromatic rings. The van der Waals surface area contributed by atoms with E-state index in [9.17, 15) is 4.79 Å². The van der Waals surface area contributed by atoms with Crippen LogP contribution in [-0.2, 0) is 11.2 Å². The number of nitrogens with one attached hydrogen (secondary N) is 1. The summed E-state index contributed by atoms with van der Waals surface area (Å²) in [6.45, 7) is 2.03. The van der Waals surface area contributed by atoms with Gasteiger partial charge in [0.1, 0.15) is 0 Å². The number of anilines is 1. The van der Waals surface area contributed by atoms with Crippen LogP contribution in [0.5, 0.6) is 0 Å². The fourth-order valence-electron chi connectivity index (χ4n) is 2.28. The van der Waals surface area contributed by atoms with Crippen molar-refractivity contribution in [1.82, 2.24) is 4.98 Å². The Balaban J connectivity index is 1.66. The predicted molar refractivity (Wildman–Crippen MR) is 91.1 cm³/mol. The third kappa shape index (κ3) is 3.59. The van der Waals surface area contributed by atoms with Crippen molar-refractivity contribution in [2.45, 2.75) is 13.3 Å². The second-order valence-electron chi connectivity index (χ2n) is 5.15. The number of aromatic nitrogens is 1. The molecule has 0 saturated carbocycles. The van der Waals surface area contributed by atoms with Gasteiger partial charge >= 0.3 is 0 Å². The maximum atomic E-state index is 12.1. The highest BCUT2D eigenvalue weighted by Gasteiger charge is 2.07. The molecule has 1 aromatic carbocycles. The Morgan fingerprint density at radius 3 is 2.77 bits per heavy atom. The van der Waals surface area contributed by atoms with Crippen LogP contribution in [0.1, 0.15) is 11.1 Å². The van der Waals surface area contributed by atoms with E-state index in [1.165, 1.54) is 5.56 Å². The van der Waals surface area contributed by atoms with E-state index in [-0.39, 0.29) is 5.91 Å². The zero-order valence-corrected chi connectivity index (χ0v) is 13.1. The van der Waals surface area contributed by atoms with Crippen molar-refractivity contribution in [3.63, 3.8) is 0 Å². The Hall–Kier alpha value is -2.46. The quantitative estimate of drug-likeness (QED) is 0.781. The number of amides is 1. The van der Waals surface area contributed by atoms with Crippen molar-refractivity contribution in [3.8, 4) is 10.4 Å². The minimum absolute atomic E-state index is 0.00433. The number of carbonyl (C=O) groups excluding carboxylic acids is 1. The Bertz CT molecular complexity index is 781. The van der Waals surface area contributed by atoms with Crippen molar-refractivity contribution in [2.75, 3.05) is 5.32 Å². The highest BCUT2D eigenvalue weighted by Crippen LogP contribution is 2.29. The SMILES string of the molecule is Cc1cccc(CC(=O)Nc2csc(-c3ccncc3)c2)c1. The van der Waals surface area contributed by atoms with Gasteiger partial charge in [-0.3, -0.25) is 9.78 Å². The molecular weight excluding hydrogens is 292 g/mol. The first-order chi connectivity index (χ1) is 10.7. The summed E-state index contributed by atoms with van der Waals surface area (Å²) in [4.78, 5) is 17.3. The number of thiophene rings is 1. The number of pyridine rings is 1. The first kappa shape index (κ1) is 14.5. The van der Waals surface area contributed by atoms with Gasteiger partial charge in [-0.15, -0.1) is 11.3 Å². The molecule has 0 atom stereocenters. The van der Waals surface area contributed by atoms with Crippen LogP contribution in [0.3, 0.4) is 0 Å².